The number of phosphoric ester groups is 2. The van der Waals surface area contributed by atoms with E-state index >= 15 is 0 Å². The van der Waals surface area contributed by atoms with Crippen LogP contribution in [0, 0.1) is 23.7 Å². The van der Waals surface area contributed by atoms with Gasteiger partial charge in [-0.1, -0.05) is 319 Å². The molecule has 0 saturated heterocycles. The van der Waals surface area contributed by atoms with E-state index in [1.54, 1.807) is 0 Å². The van der Waals surface area contributed by atoms with E-state index in [4.69, 9.17) is 37.0 Å². The van der Waals surface area contributed by atoms with Crippen LogP contribution in [0.4, 0.5) is 0 Å². The third-order valence-electron chi connectivity index (χ3n) is 17.4. The molecular formula is C74H144O17P2. The number of carbonyl (C=O) groups is 4. The van der Waals surface area contributed by atoms with Crippen LogP contribution in [0.1, 0.15) is 370 Å². The fraction of sp³-hybridized carbons (Fsp3) is 0.946. The molecule has 17 nitrogen and oxygen atoms in total. The van der Waals surface area contributed by atoms with Gasteiger partial charge in [0, 0.05) is 25.7 Å². The lowest BCUT2D eigenvalue weighted by Crippen LogP contribution is -2.30. The van der Waals surface area contributed by atoms with Crippen LogP contribution in [-0.4, -0.2) is 96.7 Å². The van der Waals surface area contributed by atoms with Crippen LogP contribution in [-0.2, 0) is 65.4 Å². The molecule has 0 heterocycles. The molecule has 0 amide bonds. The van der Waals surface area contributed by atoms with Crippen LogP contribution in [0.2, 0.25) is 0 Å². The van der Waals surface area contributed by atoms with Gasteiger partial charge < -0.3 is 33.8 Å². The van der Waals surface area contributed by atoms with E-state index in [0.29, 0.717) is 31.6 Å². The Morgan fingerprint density at radius 3 is 0.763 bits per heavy atom. The van der Waals surface area contributed by atoms with Crippen molar-refractivity contribution in [2.75, 3.05) is 39.6 Å². The van der Waals surface area contributed by atoms with Crippen molar-refractivity contribution < 1.29 is 80.2 Å². The molecule has 0 aromatic carbocycles. The Hall–Kier alpha value is -1.94. The first-order valence-electron chi connectivity index (χ1n) is 38.2. The molecule has 0 spiro atoms. The average molecular weight is 1370 g/mol. The topological polar surface area (TPSA) is 237 Å². The molecule has 0 aromatic heterocycles. The fourth-order valence-corrected chi connectivity index (χ4v) is 12.7. The maximum absolute atomic E-state index is 13.0. The molecule has 0 saturated carbocycles. The number of hydrogen-bond donors (Lipinski definition) is 3. The Morgan fingerprint density at radius 2 is 0.516 bits per heavy atom. The van der Waals surface area contributed by atoms with Crippen molar-refractivity contribution >= 4 is 39.5 Å². The lowest BCUT2D eigenvalue weighted by atomic mass is 10.00. The van der Waals surface area contributed by atoms with Gasteiger partial charge in [0.2, 0.25) is 0 Å². The van der Waals surface area contributed by atoms with Gasteiger partial charge in [0.15, 0.2) is 12.2 Å². The van der Waals surface area contributed by atoms with Crippen molar-refractivity contribution in [2.45, 2.75) is 388 Å². The molecule has 3 N–H and O–H groups in total. The van der Waals surface area contributed by atoms with Crippen LogP contribution in [0.5, 0.6) is 0 Å². The average Bonchev–Trinajstić information content (AvgIpc) is 1.86. The minimum atomic E-state index is -4.95. The van der Waals surface area contributed by atoms with Gasteiger partial charge in [0.25, 0.3) is 0 Å². The zero-order valence-corrected chi connectivity index (χ0v) is 62.7. The van der Waals surface area contributed by atoms with Crippen LogP contribution in [0.15, 0.2) is 0 Å². The summed E-state index contributed by atoms with van der Waals surface area (Å²) in [5.41, 5.74) is 0. The second-order valence-corrected chi connectivity index (χ2v) is 31.3. The van der Waals surface area contributed by atoms with Gasteiger partial charge in [0.05, 0.1) is 26.4 Å². The molecule has 0 aliphatic carbocycles. The highest BCUT2D eigenvalue weighted by atomic mass is 31.2. The molecular weight excluding hydrogens is 1220 g/mol. The summed E-state index contributed by atoms with van der Waals surface area (Å²) in [6, 6.07) is 0. The molecule has 0 rings (SSSR count). The zero-order valence-electron chi connectivity index (χ0n) is 60.9. The molecule has 552 valence electrons. The number of hydrogen-bond acceptors (Lipinski definition) is 15. The van der Waals surface area contributed by atoms with Crippen molar-refractivity contribution in [1.82, 2.24) is 0 Å². The number of esters is 4. The number of ether oxygens (including phenoxy) is 4. The molecule has 0 aromatic rings. The standard InChI is InChI=1S/C74H144O17P2/c1-9-67(8)53-45-37-32-33-41-49-57-74(79)91-70(61-84-71(76)54-46-38-29-23-19-15-11-10-13-17-21-26-34-42-50-64(2)3)63-89-93(82,83)87-59-68(75)58-86-92(80,81)88-62-69(60-85-72(77)55-47-39-31-25-28-36-44-52-66(6)7)90-73(78)56-48-40-30-24-20-16-12-14-18-22-27-35-43-51-65(4)5/h64-70,75H,9-63H2,1-8H3,(H,80,81)(H,82,83)/t67?,68?,69-,70-/m1/s1. The Bertz CT molecular complexity index is 1840. The molecule has 93 heavy (non-hydrogen) atoms. The smallest absolute Gasteiger partial charge is 0.462 e. The van der Waals surface area contributed by atoms with Gasteiger partial charge in [-0.15, -0.1) is 0 Å². The lowest BCUT2D eigenvalue weighted by molar-refractivity contribution is -0.161. The summed E-state index contributed by atoms with van der Waals surface area (Å²) in [6.45, 7) is 14.1. The van der Waals surface area contributed by atoms with Gasteiger partial charge >= 0.3 is 39.5 Å². The summed E-state index contributed by atoms with van der Waals surface area (Å²) in [7, 11) is -9.91. The molecule has 19 heteroatoms. The van der Waals surface area contributed by atoms with Crippen molar-refractivity contribution in [3.63, 3.8) is 0 Å². The van der Waals surface area contributed by atoms with E-state index in [1.165, 1.54) is 167 Å². The highest BCUT2D eigenvalue weighted by Crippen LogP contribution is 2.45. The van der Waals surface area contributed by atoms with E-state index in [-0.39, 0.29) is 25.7 Å². The summed E-state index contributed by atoms with van der Waals surface area (Å²) < 4.78 is 68.4. The second-order valence-electron chi connectivity index (χ2n) is 28.4. The number of phosphoric acid groups is 2. The lowest BCUT2D eigenvalue weighted by Gasteiger charge is -2.21. The van der Waals surface area contributed by atoms with Gasteiger partial charge in [-0.3, -0.25) is 37.3 Å². The maximum Gasteiger partial charge on any atom is 0.472 e. The van der Waals surface area contributed by atoms with Crippen molar-refractivity contribution in [2.24, 2.45) is 23.7 Å². The third-order valence-corrected chi connectivity index (χ3v) is 19.3. The Kier molecular flexibility index (Phi) is 62.2. The number of carbonyl (C=O) groups excluding carboxylic acids is 4. The van der Waals surface area contributed by atoms with E-state index in [9.17, 15) is 43.2 Å². The van der Waals surface area contributed by atoms with Crippen molar-refractivity contribution in [3.8, 4) is 0 Å². The quantitative estimate of drug-likeness (QED) is 0.0222. The highest BCUT2D eigenvalue weighted by molar-refractivity contribution is 7.47. The molecule has 0 aliphatic rings. The molecule has 4 unspecified atom stereocenters. The van der Waals surface area contributed by atoms with Gasteiger partial charge in [0.1, 0.15) is 19.3 Å². The molecule has 0 aliphatic heterocycles. The number of aliphatic hydroxyl groups is 1. The fourth-order valence-electron chi connectivity index (χ4n) is 11.2. The molecule has 0 fully saturated rings. The highest BCUT2D eigenvalue weighted by Gasteiger charge is 2.30. The summed E-state index contributed by atoms with van der Waals surface area (Å²) in [4.78, 5) is 72.7. The first-order valence-corrected chi connectivity index (χ1v) is 41.2. The summed E-state index contributed by atoms with van der Waals surface area (Å²) in [5.74, 6) is 0.884. The number of rotatable bonds is 71. The van der Waals surface area contributed by atoms with E-state index in [2.05, 4.69) is 55.4 Å². The van der Waals surface area contributed by atoms with Crippen LogP contribution < -0.4 is 0 Å². The normalized spacial score (nSPS) is 14.5. The predicted molar refractivity (Wildman–Crippen MR) is 377 cm³/mol. The van der Waals surface area contributed by atoms with Gasteiger partial charge in [-0.25, -0.2) is 9.13 Å². The molecule has 0 radical (unpaired) electrons. The molecule has 6 atom stereocenters. The number of unbranched alkanes of at least 4 members (excludes halogenated alkanes) is 36. The largest absolute Gasteiger partial charge is 0.472 e. The van der Waals surface area contributed by atoms with E-state index < -0.39 is 97.5 Å². The first-order chi connectivity index (χ1) is 44.6. The van der Waals surface area contributed by atoms with Gasteiger partial charge in [-0.2, -0.15) is 0 Å². The Labute approximate surface area is 568 Å². The van der Waals surface area contributed by atoms with Crippen LogP contribution in [0.25, 0.3) is 0 Å². The summed E-state index contributed by atoms with van der Waals surface area (Å²) >= 11 is 0. The minimum Gasteiger partial charge on any atom is -0.462 e. The second kappa shape index (κ2) is 63.5. The SMILES string of the molecule is CCC(C)CCCCCCCCC(=O)O[C@H](COC(=O)CCCCCCCCCCCCCCCCC(C)C)COP(=O)(O)OCC(O)COP(=O)(O)OC[C@@H](COC(=O)CCCCCCCCCC(C)C)OC(=O)CCCCCCCCCCCCCCCC(C)C. The predicted octanol–water partition coefficient (Wildman–Crippen LogP) is 21.3. The molecule has 0 bridgehead atoms. The first kappa shape index (κ1) is 91.1. The van der Waals surface area contributed by atoms with Crippen LogP contribution >= 0.6 is 15.6 Å². The van der Waals surface area contributed by atoms with Crippen molar-refractivity contribution in [1.29, 1.82) is 0 Å². The number of aliphatic hydroxyl groups excluding tert-OH is 1. The summed E-state index contributed by atoms with van der Waals surface area (Å²) in [6.07, 6.45) is 47.3. The zero-order chi connectivity index (χ0) is 68.9. The summed E-state index contributed by atoms with van der Waals surface area (Å²) in [5, 5.41) is 10.6. The van der Waals surface area contributed by atoms with Crippen molar-refractivity contribution in [3.05, 3.63) is 0 Å². The minimum absolute atomic E-state index is 0.103. The van der Waals surface area contributed by atoms with E-state index in [0.717, 1.165) is 114 Å². The van der Waals surface area contributed by atoms with E-state index in [1.807, 2.05) is 0 Å². The monoisotopic (exact) mass is 1370 g/mol. The van der Waals surface area contributed by atoms with Gasteiger partial charge in [-0.05, 0) is 49.4 Å². The maximum atomic E-state index is 13.0. The Morgan fingerprint density at radius 1 is 0.301 bits per heavy atom. The third kappa shape index (κ3) is 67.0. The Balaban J connectivity index is 5.20. The van der Waals surface area contributed by atoms with Crippen LogP contribution in [0.3, 0.4) is 0 Å².